The first-order valence-corrected chi connectivity index (χ1v) is 9.90. The lowest BCUT2D eigenvalue weighted by Gasteiger charge is -2.29. The van der Waals surface area contributed by atoms with Gasteiger partial charge in [-0.2, -0.15) is 13.2 Å². The van der Waals surface area contributed by atoms with Gasteiger partial charge in [-0.15, -0.1) is 4.72 Å². The number of aryl methyl sites for hydroxylation is 1. The maximum Gasteiger partial charge on any atom is 0.412 e. The quantitative estimate of drug-likeness (QED) is 0.533. The molecule has 0 aliphatic carbocycles. The van der Waals surface area contributed by atoms with E-state index in [1.54, 1.807) is 38.3 Å². The van der Waals surface area contributed by atoms with Gasteiger partial charge in [0.2, 0.25) is 0 Å². The van der Waals surface area contributed by atoms with E-state index in [4.69, 9.17) is 0 Å². The van der Waals surface area contributed by atoms with Gasteiger partial charge in [-0.3, -0.25) is 0 Å². The molecule has 8 heteroatoms. The molecule has 2 atom stereocenters. The zero-order chi connectivity index (χ0) is 20.7. The van der Waals surface area contributed by atoms with E-state index >= 15 is 0 Å². The molecule has 2 rings (SSSR count). The van der Waals surface area contributed by atoms with Crippen LogP contribution in [0.3, 0.4) is 0 Å². The normalized spacial score (nSPS) is 15.6. The Morgan fingerprint density at radius 3 is 2.26 bits per heavy atom. The van der Waals surface area contributed by atoms with Crippen molar-refractivity contribution >= 4 is 22.3 Å². The van der Waals surface area contributed by atoms with Crippen molar-refractivity contribution in [3.05, 3.63) is 35.3 Å². The molecule has 1 aromatic carbocycles. The highest BCUT2D eigenvalue weighted by Crippen LogP contribution is 2.39. The summed E-state index contributed by atoms with van der Waals surface area (Å²) in [5, 5.41) is 0.180. The number of nitrogens with one attached hydrogen (secondary N) is 1. The summed E-state index contributed by atoms with van der Waals surface area (Å²) in [5.41, 5.74) is 0.789. The first-order valence-electron chi connectivity index (χ1n) is 8.75. The Bertz CT molecular complexity index is 809. The number of nitrogens with zero attached hydrogens (tertiary/aromatic N) is 1. The van der Waals surface area contributed by atoms with Crippen molar-refractivity contribution in [3.8, 4) is 0 Å². The molecule has 1 aromatic heterocycles. The SMILES string of the molecule is Cc1cc2c(cc1F)c([C@H](N[S+]([O-])C(C)(C)C)C(F)(F)F)cn2CC(C)C. The van der Waals surface area contributed by atoms with Crippen molar-refractivity contribution in [3.63, 3.8) is 0 Å². The summed E-state index contributed by atoms with van der Waals surface area (Å²) < 4.78 is 71.1. The fraction of sp³-hybridized carbons (Fsp3) is 0.579. The third kappa shape index (κ3) is 4.97. The topological polar surface area (TPSA) is 40.0 Å². The predicted molar refractivity (Wildman–Crippen MR) is 101 cm³/mol. The molecule has 1 heterocycles. The van der Waals surface area contributed by atoms with Crippen LogP contribution in [0, 0.1) is 18.7 Å². The number of hydrogen-bond acceptors (Lipinski definition) is 2. The smallest absolute Gasteiger partial charge is 0.412 e. The van der Waals surface area contributed by atoms with E-state index in [1.807, 2.05) is 13.8 Å². The zero-order valence-electron chi connectivity index (χ0n) is 16.4. The van der Waals surface area contributed by atoms with Gasteiger partial charge in [0, 0.05) is 40.6 Å². The van der Waals surface area contributed by atoms with E-state index in [2.05, 4.69) is 4.72 Å². The molecule has 0 aliphatic rings. The molecule has 0 radical (unpaired) electrons. The summed E-state index contributed by atoms with van der Waals surface area (Å²) in [6, 6.07) is 0.540. The molecule has 0 bridgehead atoms. The van der Waals surface area contributed by atoms with Gasteiger partial charge in [0.05, 0.1) is 0 Å². The average molecular weight is 406 g/mol. The number of halogens is 4. The molecule has 152 valence electrons. The summed E-state index contributed by atoms with van der Waals surface area (Å²) in [7, 11) is 0. The highest BCUT2D eigenvalue weighted by Gasteiger charge is 2.47. The lowest BCUT2D eigenvalue weighted by atomic mass is 10.0. The molecule has 0 amide bonds. The van der Waals surface area contributed by atoms with Crippen LogP contribution in [0.4, 0.5) is 17.6 Å². The van der Waals surface area contributed by atoms with Crippen molar-refractivity contribution < 1.29 is 22.1 Å². The number of fused-ring (bicyclic) bond motifs is 1. The van der Waals surface area contributed by atoms with Gasteiger partial charge in [-0.1, -0.05) is 13.8 Å². The lowest BCUT2D eigenvalue weighted by Crippen LogP contribution is -2.45. The largest absolute Gasteiger partial charge is 0.598 e. The molecule has 3 nitrogen and oxygen atoms in total. The molecule has 1 N–H and O–H groups in total. The van der Waals surface area contributed by atoms with Gasteiger partial charge in [0.1, 0.15) is 10.6 Å². The summed E-state index contributed by atoms with van der Waals surface area (Å²) in [6.45, 7) is 10.8. The molecule has 27 heavy (non-hydrogen) atoms. The van der Waals surface area contributed by atoms with Crippen molar-refractivity contribution in [2.75, 3.05) is 0 Å². The van der Waals surface area contributed by atoms with Crippen LogP contribution < -0.4 is 4.72 Å². The molecular weight excluding hydrogens is 380 g/mol. The Labute approximate surface area is 160 Å². The van der Waals surface area contributed by atoms with Gasteiger partial charge < -0.3 is 9.12 Å². The van der Waals surface area contributed by atoms with E-state index in [0.717, 1.165) is 6.07 Å². The number of aromatic nitrogens is 1. The maximum absolute atomic E-state index is 14.1. The Kier molecular flexibility index (Phi) is 6.24. The number of hydrogen-bond donors (Lipinski definition) is 1. The summed E-state index contributed by atoms with van der Waals surface area (Å²) in [5.74, 6) is -0.372. The molecular formula is C19H26F4N2OS. The van der Waals surface area contributed by atoms with Crippen LogP contribution in [0.5, 0.6) is 0 Å². The third-order valence-corrected chi connectivity index (χ3v) is 5.74. The molecule has 0 saturated heterocycles. The Hall–Kier alpha value is -1.25. The van der Waals surface area contributed by atoms with Gasteiger partial charge in [-0.25, -0.2) is 4.39 Å². The summed E-state index contributed by atoms with van der Waals surface area (Å²) in [6.07, 6.45) is -3.28. The minimum atomic E-state index is -4.68. The summed E-state index contributed by atoms with van der Waals surface area (Å²) in [4.78, 5) is 0. The van der Waals surface area contributed by atoms with Crippen molar-refractivity contribution in [2.45, 2.75) is 65.1 Å². The van der Waals surface area contributed by atoms with Gasteiger partial charge in [0.25, 0.3) is 0 Å². The minimum Gasteiger partial charge on any atom is -0.598 e. The Balaban J connectivity index is 2.66. The predicted octanol–water partition coefficient (Wildman–Crippen LogP) is 5.40. The third-order valence-electron chi connectivity index (χ3n) is 4.17. The van der Waals surface area contributed by atoms with Crippen LogP contribution in [0.2, 0.25) is 0 Å². The standard InChI is InChI=1S/C19H26F4N2OS/c1-11(2)9-25-10-14(13-8-15(20)12(3)7-16(13)25)17(19(21,22)23)24-27(26)18(4,5)6/h7-8,10-11,17,24H,9H2,1-6H3/t17-,27?/m0/s1. The van der Waals surface area contributed by atoms with Crippen LogP contribution in [0.15, 0.2) is 18.3 Å². The van der Waals surface area contributed by atoms with Gasteiger partial charge >= 0.3 is 6.18 Å². The number of benzene rings is 1. The maximum atomic E-state index is 14.1. The monoisotopic (exact) mass is 406 g/mol. The van der Waals surface area contributed by atoms with Crippen LogP contribution in [-0.4, -0.2) is 20.0 Å². The Morgan fingerprint density at radius 1 is 1.19 bits per heavy atom. The van der Waals surface area contributed by atoms with Crippen LogP contribution in [0.1, 0.15) is 51.8 Å². The zero-order valence-corrected chi connectivity index (χ0v) is 17.2. The second-order valence-electron chi connectivity index (χ2n) is 8.22. The fourth-order valence-corrected chi connectivity index (χ4v) is 3.64. The molecule has 0 aliphatic heterocycles. The van der Waals surface area contributed by atoms with Gasteiger partial charge in [-0.05, 0) is 51.3 Å². The highest BCUT2D eigenvalue weighted by atomic mass is 32.2. The highest BCUT2D eigenvalue weighted by molar-refractivity contribution is 7.90. The van der Waals surface area contributed by atoms with Crippen LogP contribution >= 0.6 is 0 Å². The molecule has 1 unspecified atom stereocenters. The first-order chi connectivity index (χ1) is 12.2. The lowest BCUT2D eigenvalue weighted by molar-refractivity contribution is -0.152. The van der Waals surface area contributed by atoms with E-state index in [-0.39, 0.29) is 16.9 Å². The van der Waals surface area contributed by atoms with Crippen LogP contribution in [0.25, 0.3) is 10.9 Å². The molecule has 0 fully saturated rings. The molecule has 2 aromatic rings. The average Bonchev–Trinajstić information content (AvgIpc) is 2.79. The summed E-state index contributed by atoms with van der Waals surface area (Å²) >= 11 is -1.94. The minimum absolute atomic E-state index is 0.116. The fourth-order valence-electron chi connectivity index (χ4n) is 2.81. The van der Waals surface area contributed by atoms with E-state index < -0.39 is 34.1 Å². The van der Waals surface area contributed by atoms with E-state index in [1.165, 1.54) is 6.20 Å². The number of rotatable bonds is 5. The first kappa shape index (κ1) is 22.0. The van der Waals surface area contributed by atoms with Crippen molar-refractivity contribution in [1.29, 1.82) is 0 Å². The van der Waals surface area contributed by atoms with Crippen molar-refractivity contribution in [2.24, 2.45) is 5.92 Å². The molecule has 0 spiro atoms. The second kappa shape index (κ2) is 7.64. The molecule has 0 saturated carbocycles. The number of alkyl halides is 3. The van der Waals surface area contributed by atoms with Crippen LogP contribution in [-0.2, 0) is 17.9 Å². The van der Waals surface area contributed by atoms with Crippen molar-refractivity contribution in [1.82, 2.24) is 9.29 Å². The second-order valence-corrected chi connectivity index (χ2v) is 10.2. The van der Waals surface area contributed by atoms with E-state index in [9.17, 15) is 22.1 Å². The Morgan fingerprint density at radius 2 is 1.78 bits per heavy atom. The van der Waals surface area contributed by atoms with Gasteiger partial charge in [0.15, 0.2) is 6.04 Å². The van der Waals surface area contributed by atoms with E-state index in [0.29, 0.717) is 17.6 Å².